The molecule has 8 nitrogen and oxygen atoms in total. The fraction of sp³-hybridized carbons (Fsp3) is 0.136. The van der Waals surface area contributed by atoms with Gasteiger partial charge in [0.05, 0.1) is 9.80 Å². The summed E-state index contributed by atoms with van der Waals surface area (Å²) in [6, 6.07) is 19.5. The van der Waals surface area contributed by atoms with E-state index in [1.165, 1.54) is 23.5 Å². The number of benzene rings is 2. The summed E-state index contributed by atoms with van der Waals surface area (Å²) in [5, 5.41) is 16.8. The van der Waals surface area contributed by atoms with Crippen molar-refractivity contribution in [1.82, 2.24) is 15.0 Å². The number of aromatic nitrogens is 2. The minimum atomic E-state index is -0.470. The molecule has 0 aliphatic heterocycles. The first-order valence-electron chi connectivity index (χ1n) is 9.54. The van der Waals surface area contributed by atoms with Gasteiger partial charge in [-0.25, -0.2) is 0 Å². The maximum atomic E-state index is 13.0. The first kappa shape index (κ1) is 20.4. The van der Waals surface area contributed by atoms with Crippen LogP contribution in [0.25, 0.3) is 11.4 Å². The Labute approximate surface area is 181 Å². The minimum Gasteiger partial charge on any atom is -0.339 e. The maximum absolute atomic E-state index is 13.0. The van der Waals surface area contributed by atoms with Crippen LogP contribution >= 0.6 is 11.3 Å². The molecule has 0 N–H and O–H groups in total. The van der Waals surface area contributed by atoms with E-state index in [0.717, 1.165) is 5.56 Å². The van der Waals surface area contributed by atoms with E-state index in [0.29, 0.717) is 35.8 Å². The first-order valence-corrected chi connectivity index (χ1v) is 10.4. The van der Waals surface area contributed by atoms with E-state index >= 15 is 0 Å². The fourth-order valence-corrected chi connectivity index (χ4v) is 3.77. The molecule has 31 heavy (non-hydrogen) atoms. The minimum absolute atomic E-state index is 0.0422. The van der Waals surface area contributed by atoms with E-state index in [1.54, 1.807) is 23.1 Å². The van der Waals surface area contributed by atoms with Gasteiger partial charge in [-0.15, -0.1) is 11.3 Å². The molecule has 0 saturated carbocycles. The number of carbonyl (C=O) groups is 1. The van der Waals surface area contributed by atoms with Crippen molar-refractivity contribution in [3.8, 4) is 11.4 Å². The van der Waals surface area contributed by atoms with Crippen LogP contribution in [-0.2, 0) is 13.0 Å². The number of hydrogen-bond acceptors (Lipinski definition) is 7. The molecule has 0 saturated heterocycles. The fourth-order valence-electron chi connectivity index (χ4n) is 3.08. The number of rotatable bonds is 8. The largest absolute Gasteiger partial charge is 0.339 e. The predicted octanol–water partition coefficient (Wildman–Crippen LogP) is 4.59. The van der Waals surface area contributed by atoms with E-state index < -0.39 is 4.92 Å². The number of non-ortho nitro benzene ring substituents is 1. The quantitative estimate of drug-likeness (QED) is 0.297. The number of carbonyl (C=O) groups excluding carboxylic acids is 1. The first-order chi connectivity index (χ1) is 15.1. The van der Waals surface area contributed by atoms with Crippen LogP contribution in [0.3, 0.4) is 0 Å². The maximum Gasteiger partial charge on any atom is 0.270 e. The van der Waals surface area contributed by atoms with Gasteiger partial charge >= 0.3 is 0 Å². The van der Waals surface area contributed by atoms with Crippen LogP contribution in [0.4, 0.5) is 5.69 Å². The van der Waals surface area contributed by atoms with Crippen molar-refractivity contribution in [2.45, 2.75) is 13.0 Å². The Morgan fingerprint density at radius 2 is 1.94 bits per heavy atom. The molecule has 0 aliphatic rings. The van der Waals surface area contributed by atoms with Gasteiger partial charge in [0.2, 0.25) is 11.7 Å². The van der Waals surface area contributed by atoms with Gasteiger partial charge in [0.25, 0.3) is 11.6 Å². The van der Waals surface area contributed by atoms with Crippen LogP contribution in [-0.4, -0.2) is 32.4 Å². The van der Waals surface area contributed by atoms with E-state index in [4.69, 9.17) is 4.52 Å². The molecule has 9 heteroatoms. The third kappa shape index (κ3) is 5.01. The molecule has 0 bridgehead atoms. The van der Waals surface area contributed by atoms with E-state index in [-0.39, 0.29) is 17.4 Å². The topological polar surface area (TPSA) is 102 Å². The number of nitro benzene ring substituents is 1. The Morgan fingerprint density at radius 3 is 2.68 bits per heavy atom. The molecule has 0 aliphatic carbocycles. The zero-order valence-corrected chi connectivity index (χ0v) is 17.2. The molecule has 0 radical (unpaired) electrons. The zero-order valence-electron chi connectivity index (χ0n) is 16.4. The normalized spacial score (nSPS) is 10.7. The number of amides is 1. The molecular weight excluding hydrogens is 416 g/mol. The summed E-state index contributed by atoms with van der Waals surface area (Å²) in [7, 11) is 0. The zero-order chi connectivity index (χ0) is 21.6. The van der Waals surface area contributed by atoms with Crippen molar-refractivity contribution in [1.29, 1.82) is 0 Å². The SMILES string of the molecule is O=C(c1cccs1)N(CCc1nc(-c2cccc([N+](=O)[O-])c2)no1)Cc1ccccc1. The van der Waals surface area contributed by atoms with Crippen molar-refractivity contribution in [3.05, 3.63) is 98.6 Å². The van der Waals surface area contributed by atoms with Crippen LogP contribution in [0.15, 0.2) is 76.6 Å². The lowest BCUT2D eigenvalue weighted by atomic mass is 10.2. The lowest BCUT2D eigenvalue weighted by Crippen LogP contribution is -2.32. The Kier molecular flexibility index (Phi) is 6.13. The summed E-state index contributed by atoms with van der Waals surface area (Å²) in [6.07, 6.45) is 0.367. The van der Waals surface area contributed by atoms with Crippen molar-refractivity contribution < 1.29 is 14.2 Å². The Balaban J connectivity index is 1.49. The number of nitrogens with zero attached hydrogens (tertiary/aromatic N) is 4. The number of nitro groups is 1. The summed E-state index contributed by atoms with van der Waals surface area (Å²) in [5.41, 5.74) is 1.48. The Morgan fingerprint density at radius 1 is 1.10 bits per heavy atom. The molecule has 2 aromatic carbocycles. The Hall–Kier alpha value is -3.85. The molecule has 4 aromatic rings. The van der Waals surface area contributed by atoms with E-state index in [1.807, 2.05) is 41.8 Å². The average Bonchev–Trinajstić information content (AvgIpc) is 3.49. The van der Waals surface area contributed by atoms with Gasteiger partial charge in [0.1, 0.15) is 0 Å². The van der Waals surface area contributed by atoms with Crippen LogP contribution in [0.1, 0.15) is 21.1 Å². The highest BCUT2D eigenvalue weighted by atomic mass is 32.1. The molecule has 4 rings (SSSR count). The molecule has 0 unspecified atom stereocenters. The van der Waals surface area contributed by atoms with E-state index in [9.17, 15) is 14.9 Å². The average molecular weight is 434 g/mol. The monoisotopic (exact) mass is 434 g/mol. The second-order valence-electron chi connectivity index (χ2n) is 6.76. The Bertz CT molecular complexity index is 1180. The second kappa shape index (κ2) is 9.31. The van der Waals surface area contributed by atoms with Crippen LogP contribution in [0, 0.1) is 10.1 Å². The summed E-state index contributed by atoms with van der Waals surface area (Å²) in [5.74, 6) is 0.578. The lowest BCUT2D eigenvalue weighted by Gasteiger charge is -2.21. The molecule has 1 amide bonds. The molecule has 2 heterocycles. The van der Waals surface area contributed by atoms with Crippen molar-refractivity contribution in [2.24, 2.45) is 0 Å². The van der Waals surface area contributed by atoms with Crippen molar-refractivity contribution >= 4 is 22.9 Å². The molecule has 0 fully saturated rings. The van der Waals surface area contributed by atoms with Crippen molar-refractivity contribution in [2.75, 3.05) is 6.54 Å². The number of hydrogen-bond donors (Lipinski definition) is 0. The van der Waals surface area contributed by atoms with Gasteiger partial charge in [-0.1, -0.05) is 53.7 Å². The smallest absolute Gasteiger partial charge is 0.270 e. The second-order valence-corrected chi connectivity index (χ2v) is 7.71. The molecular formula is C22H18N4O4S. The molecule has 2 aromatic heterocycles. The van der Waals surface area contributed by atoms with Crippen molar-refractivity contribution in [3.63, 3.8) is 0 Å². The van der Waals surface area contributed by atoms with Crippen LogP contribution in [0.2, 0.25) is 0 Å². The van der Waals surface area contributed by atoms with Gasteiger partial charge < -0.3 is 9.42 Å². The summed E-state index contributed by atoms with van der Waals surface area (Å²) in [6.45, 7) is 0.853. The lowest BCUT2D eigenvalue weighted by molar-refractivity contribution is -0.384. The number of thiophene rings is 1. The molecule has 0 atom stereocenters. The third-order valence-corrected chi connectivity index (χ3v) is 5.47. The summed E-state index contributed by atoms with van der Waals surface area (Å²) < 4.78 is 5.32. The van der Waals surface area contributed by atoms with Gasteiger partial charge in [0.15, 0.2) is 0 Å². The van der Waals surface area contributed by atoms with Crippen LogP contribution < -0.4 is 0 Å². The van der Waals surface area contributed by atoms with Gasteiger partial charge in [-0.3, -0.25) is 14.9 Å². The standard InChI is InChI=1S/C22H18N4O4S/c27-22(19-10-5-13-31-19)25(15-16-6-2-1-3-7-16)12-11-20-23-21(24-30-20)17-8-4-9-18(14-17)26(28)29/h1-10,13-14H,11-12,15H2. The van der Waals surface area contributed by atoms with Gasteiger partial charge in [-0.05, 0) is 17.0 Å². The third-order valence-electron chi connectivity index (χ3n) is 4.61. The summed E-state index contributed by atoms with van der Waals surface area (Å²) >= 11 is 1.40. The predicted molar refractivity (Wildman–Crippen MR) is 116 cm³/mol. The van der Waals surface area contributed by atoms with Gasteiger partial charge in [0, 0.05) is 37.2 Å². The molecule has 0 spiro atoms. The van der Waals surface area contributed by atoms with Gasteiger partial charge in [-0.2, -0.15) is 4.98 Å². The molecule has 156 valence electrons. The van der Waals surface area contributed by atoms with Crippen LogP contribution in [0.5, 0.6) is 0 Å². The summed E-state index contributed by atoms with van der Waals surface area (Å²) in [4.78, 5) is 30.2. The van der Waals surface area contributed by atoms with E-state index in [2.05, 4.69) is 10.1 Å². The highest BCUT2D eigenvalue weighted by molar-refractivity contribution is 7.12. The highest BCUT2D eigenvalue weighted by Crippen LogP contribution is 2.22. The highest BCUT2D eigenvalue weighted by Gasteiger charge is 2.19.